The van der Waals surface area contributed by atoms with Crippen molar-refractivity contribution in [3.8, 4) is 0 Å². The van der Waals surface area contributed by atoms with Gasteiger partial charge < -0.3 is 11.1 Å². The van der Waals surface area contributed by atoms with Crippen LogP contribution in [-0.4, -0.2) is 24.3 Å². The first-order chi connectivity index (χ1) is 5.89. The van der Waals surface area contributed by atoms with Crippen LogP contribution < -0.4 is 11.1 Å². The van der Waals surface area contributed by atoms with Gasteiger partial charge in [-0.15, -0.1) is 0 Å². The van der Waals surface area contributed by atoms with Gasteiger partial charge in [-0.25, -0.2) is 0 Å². The highest BCUT2D eigenvalue weighted by atomic mass is 16.1. The first kappa shape index (κ1) is 10.0. The van der Waals surface area contributed by atoms with Gasteiger partial charge in [0.25, 0.3) is 0 Å². The molecule has 1 unspecified atom stereocenters. The first-order valence-corrected chi connectivity index (χ1v) is 4.50. The summed E-state index contributed by atoms with van der Waals surface area (Å²) in [6, 6.07) is 0.0340. The molecule has 0 aromatic heterocycles. The quantitative estimate of drug-likeness (QED) is 0.453. The van der Waals surface area contributed by atoms with Gasteiger partial charge >= 0.3 is 0 Å². The molecule has 0 spiro atoms. The van der Waals surface area contributed by atoms with Gasteiger partial charge in [-0.05, 0) is 0 Å². The number of amidine groups is 1. The standard InChI is InChI=1S/C9H17N3O/c1-9(2,3)8(10)12-6-4-7(13)11-5-6/h6H,4-5H2,1-3H3,(H2,10,12)(H,11,13). The Bertz CT molecular complexity index is 240. The lowest BCUT2D eigenvalue weighted by molar-refractivity contribution is -0.119. The normalized spacial score (nSPS) is 24.7. The molecule has 1 amide bonds. The molecule has 4 nitrogen and oxygen atoms in total. The highest BCUT2D eigenvalue weighted by Gasteiger charge is 2.23. The average Bonchev–Trinajstić information content (AvgIpc) is 2.33. The van der Waals surface area contributed by atoms with Gasteiger partial charge in [0, 0.05) is 12.0 Å². The number of nitrogens with one attached hydrogen (secondary N) is 1. The molecule has 1 saturated heterocycles. The second-order valence-electron chi connectivity index (χ2n) is 4.43. The fraction of sp³-hybridized carbons (Fsp3) is 0.778. The molecule has 4 heteroatoms. The maximum absolute atomic E-state index is 10.9. The highest BCUT2D eigenvalue weighted by Crippen LogP contribution is 2.15. The predicted molar refractivity (Wildman–Crippen MR) is 52.5 cm³/mol. The van der Waals surface area contributed by atoms with E-state index >= 15 is 0 Å². The number of hydrogen-bond acceptors (Lipinski definition) is 2. The number of rotatable bonds is 1. The van der Waals surface area contributed by atoms with Crippen molar-refractivity contribution in [1.29, 1.82) is 0 Å². The third-order valence-corrected chi connectivity index (χ3v) is 2.05. The molecule has 1 atom stereocenters. The Kier molecular flexibility index (Phi) is 2.59. The largest absolute Gasteiger partial charge is 0.387 e. The second kappa shape index (κ2) is 3.36. The van der Waals surface area contributed by atoms with Gasteiger partial charge in [-0.1, -0.05) is 20.8 Å². The number of hydrogen-bond donors (Lipinski definition) is 2. The summed E-state index contributed by atoms with van der Waals surface area (Å²) in [6.07, 6.45) is 0.469. The van der Waals surface area contributed by atoms with Gasteiger partial charge in [0.2, 0.25) is 5.91 Å². The first-order valence-electron chi connectivity index (χ1n) is 4.50. The van der Waals surface area contributed by atoms with Crippen LogP contribution in [0.3, 0.4) is 0 Å². The van der Waals surface area contributed by atoms with Crippen LogP contribution in [0.1, 0.15) is 27.2 Å². The lowest BCUT2D eigenvalue weighted by atomic mass is 9.95. The van der Waals surface area contributed by atoms with Gasteiger partial charge in [-0.2, -0.15) is 0 Å². The Balaban J connectivity index is 2.61. The maximum Gasteiger partial charge on any atom is 0.222 e. The van der Waals surface area contributed by atoms with E-state index in [2.05, 4.69) is 10.3 Å². The van der Waals surface area contributed by atoms with Crippen molar-refractivity contribution in [2.45, 2.75) is 33.2 Å². The molecule has 0 aliphatic carbocycles. The Morgan fingerprint density at radius 1 is 1.62 bits per heavy atom. The monoisotopic (exact) mass is 183 g/mol. The molecule has 3 N–H and O–H groups in total. The van der Waals surface area contributed by atoms with E-state index in [0.29, 0.717) is 18.8 Å². The summed E-state index contributed by atoms with van der Waals surface area (Å²) in [5, 5.41) is 2.72. The summed E-state index contributed by atoms with van der Waals surface area (Å²) < 4.78 is 0. The summed E-state index contributed by atoms with van der Waals surface area (Å²) >= 11 is 0. The maximum atomic E-state index is 10.9. The van der Waals surface area contributed by atoms with Crippen molar-refractivity contribution in [2.24, 2.45) is 16.1 Å². The van der Waals surface area contributed by atoms with Crippen molar-refractivity contribution in [1.82, 2.24) is 5.32 Å². The molecule has 74 valence electrons. The van der Waals surface area contributed by atoms with E-state index in [1.54, 1.807) is 0 Å². The minimum Gasteiger partial charge on any atom is -0.387 e. The lowest BCUT2D eigenvalue weighted by Crippen LogP contribution is -2.31. The molecule has 1 heterocycles. The van der Waals surface area contributed by atoms with Crippen LogP contribution in [0, 0.1) is 5.41 Å². The van der Waals surface area contributed by atoms with Crippen LogP contribution >= 0.6 is 0 Å². The number of nitrogens with zero attached hydrogens (tertiary/aromatic N) is 1. The van der Waals surface area contributed by atoms with Crippen LogP contribution in [-0.2, 0) is 4.79 Å². The zero-order valence-corrected chi connectivity index (χ0v) is 8.42. The molecule has 1 rings (SSSR count). The average molecular weight is 183 g/mol. The third-order valence-electron chi connectivity index (χ3n) is 2.05. The van der Waals surface area contributed by atoms with Crippen molar-refractivity contribution in [3.05, 3.63) is 0 Å². The van der Waals surface area contributed by atoms with Crippen LogP contribution in [0.4, 0.5) is 0 Å². The van der Waals surface area contributed by atoms with E-state index in [9.17, 15) is 4.79 Å². The Morgan fingerprint density at radius 3 is 2.62 bits per heavy atom. The Labute approximate surface area is 78.6 Å². The SMILES string of the molecule is CC(C)(C)C(N)=NC1CNC(=O)C1. The molecule has 1 aliphatic rings. The van der Waals surface area contributed by atoms with Crippen molar-refractivity contribution in [2.75, 3.05) is 6.54 Å². The lowest BCUT2D eigenvalue weighted by Gasteiger charge is -2.18. The number of carbonyl (C=O) groups excluding carboxylic acids is 1. The van der Waals surface area contributed by atoms with Crippen LogP contribution in [0.15, 0.2) is 4.99 Å². The number of aliphatic imine (C=N–C) groups is 1. The molecule has 0 saturated carbocycles. The van der Waals surface area contributed by atoms with E-state index in [-0.39, 0.29) is 17.4 Å². The summed E-state index contributed by atoms with van der Waals surface area (Å²) in [7, 11) is 0. The minimum absolute atomic E-state index is 0.0340. The molecule has 0 radical (unpaired) electrons. The van der Waals surface area contributed by atoms with Crippen molar-refractivity contribution >= 4 is 11.7 Å². The number of amides is 1. The van der Waals surface area contributed by atoms with Gasteiger partial charge in [0.1, 0.15) is 0 Å². The highest BCUT2D eigenvalue weighted by molar-refractivity contribution is 5.86. The van der Waals surface area contributed by atoms with E-state index in [4.69, 9.17) is 5.73 Å². The Hall–Kier alpha value is -1.06. The molecular weight excluding hydrogens is 166 g/mol. The smallest absolute Gasteiger partial charge is 0.222 e. The zero-order valence-electron chi connectivity index (χ0n) is 8.42. The second-order valence-corrected chi connectivity index (χ2v) is 4.43. The molecule has 0 aromatic carbocycles. The molecule has 1 fully saturated rings. The van der Waals surface area contributed by atoms with Crippen LogP contribution in [0.25, 0.3) is 0 Å². The molecule has 13 heavy (non-hydrogen) atoms. The summed E-state index contributed by atoms with van der Waals surface area (Å²) in [5.74, 6) is 0.685. The zero-order chi connectivity index (χ0) is 10.1. The number of nitrogens with two attached hydrogens (primary N) is 1. The molecule has 0 bridgehead atoms. The summed E-state index contributed by atoms with van der Waals surface area (Å²) in [5.41, 5.74) is 5.68. The predicted octanol–water partition coefficient (Wildman–Crippen LogP) is 0.278. The summed E-state index contributed by atoms with van der Waals surface area (Å²) in [4.78, 5) is 15.2. The summed E-state index contributed by atoms with van der Waals surface area (Å²) in [6.45, 7) is 6.65. The fourth-order valence-electron chi connectivity index (χ4n) is 1.07. The van der Waals surface area contributed by atoms with E-state index in [1.165, 1.54) is 0 Å². The fourth-order valence-corrected chi connectivity index (χ4v) is 1.07. The van der Waals surface area contributed by atoms with Crippen molar-refractivity contribution < 1.29 is 4.79 Å². The van der Waals surface area contributed by atoms with E-state index in [1.807, 2.05) is 20.8 Å². The third kappa shape index (κ3) is 2.72. The Morgan fingerprint density at radius 2 is 2.23 bits per heavy atom. The van der Waals surface area contributed by atoms with Crippen molar-refractivity contribution in [3.63, 3.8) is 0 Å². The van der Waals surface area contributed by atoms with Gasteiger partial charge in [0.05, 0.1) is 18.3 Å². The van der Waals surface area contributed by atoms with E-state index < -0.39 is 0 Å². The minimum atomic E-state index is -0.106. The molecule has 1 aliphatic heterocycles. The topological polar surface area (TPSA) is 67.5 Å². The molecule has 0 aromatic rings. The molecular formula is C9H17N3O. The number of carbonyl (C=O) groups is 1. The van der Waals surface area contributed by atoms with Gasteiger partial charge in [0.15, 0.2) is 0 Å². The van der Waals surface area contributed by atoms with Crippen LogP contribution in [0.2, 0.25) is 0 Å². The van der Waals surface area contributed by atoms with E-state index in [0.717, 1.165) is 0 Å². The van der Waals surface area contributed by atoms with Crippen LogP contribution in [0.5, 0.6) is 0 Å². The van der Waals surface area contributed by atoms with Gasteiger partial charge in [-0.3, -0.25) is 9.79 Å².